The second kappa shape index (κ2) is 59.5. The number of aliphatic hydroxyl groups is 3. The number of hydrogen-bond donors (Lipinski definition) is 9. The minimum absolute atomic E-state index is 0.0510. The molecule has 0 bridgehead atoms. The summed E-state index contributed by atoms with van der Waals surface area (Å²) in [4.78, 5) is 176. The molecule has 40 heteroatoms. The molecule has 0 aromatic heterocycles. The second-order valence-corrected chi connectivity index (χ2v) is 30.7. The predicted molar refractivity (Wildman–Crippen MR) is 516 cm³/mol. The molecule has 758 valence electrons. The van der Waals surface area contributed by atoms with E-state index in [1.165, 1.54) is 31.2 Å². The molecule has 4 heterocycles. The Morgan fingerprint density at radius 3 is 1.01 bits per heavy atom. The van der Waals surface area contributed by atoms with E-state index in [0.29, 0.717) is 83.2 Å². The molecular weight excluding hydrogens is 1840 g/mol. The normalized spacial score (nSPS) is 16.1. The van der Waals surface area contributed by atoms with E-state index < -0.39 is 126 Å². The Morgan fingerprint density at radius 2 is 0.681 bits per heavy atom. The van der Waals surface area contributed by atoms with Crippen LogP contribution in [0.2, 0.25) is 0 Å². The number of ether oxygens (including phenoxy) is 13. The zero-order valence-electron chi connectivity index (χ0n) is 80.2. The second-order valence-electron chi connectivity index (χ2n) is 30.7. The molecule has 7 amide bonds. The molecule has 8 aromatic carbocycles. The molecule has 0 saturated carbocycles. The van der Waals surface area contributed by atoms with Crippen molar-refractivity contribution in [3.63, 3.8) is 0 Å². The Hall–Kier alpha value is -14.8. The molecule has 0 aliphatic carbocycles. The van der Waals surface area contributed by atoms with Gasteiger partial charge < -0.3 is 129 Å². The lowest BCUT2D eigenvalue weighted by Crippen LogP contribution is -2.56. The number of anilines is 8. The standard InChI is InChI=1S/C26H30N2O8.C25H30N2O6.C23H27N3O7.C18H21NO9.C8H11N.CH4O/c1-4-18-9-11-19(12-10-18)27-25(31)23(36-17(3)29)24-26(32)28(13-14-34-24)20-7-6-8-21(15-20)35-16-22(30)33-5-2;1-3-17-8-11-19(12-9-17)26-24(30)22(29)23-25(31)27(14-15-33-23)20-7-5-6-18(16-20)10-13-21(28)32-4-2;1-2-31-19(27)14-33-18-5-3-4-17(12-18)26-10-11-32-21(23(26)30)20(28)22(29)25-16-8-6-15(13-24)7-9-16;1-3-25-14(21)10-27-13-6-4-5-12(9-13)19-7-8-26-15(17(19)22)16(18(23)24)28-11(2)20;1-2-7-3-5-8(9)6-4-7;1-2/h6-12,15,23-24H,4-5,13-14,16H2,1-3H3,(H,27,31);5-9,11-12,16,22-23,29H,3-4,10,13-15H2,1-2H3,(H,26,30);3-9,12,20-21,28H,2,10-11,13-14,24H2,1H3,(H,25,29);4-6,9,15-16H,3,7-8,10H2,1-2H3,(H,23,24);3-6H,2,9H2,1H3;2H,1H3/t23-,24-;22-,23-;20-,21-;15-,16-;;/m1111../s1. The summed E-state index contributed by atoms with van der Waals surface area (Å²) in [5.41, 5.74) is 20.7. The number of nitrogens with two attached hydrogens (primary N) is 2. The SMILES string of the molecule is CCOC(=O)CCc1cccc(N2CCO[C@H]([C@@H](O)C(=O)Nc3ccc(CC)cc3)C2=O)c1.CCOC(=O)COc1cccc(N2CCO[C@H]([C@@H](O)C(=O)Nc3ccc(CN)cc3)C2=O)c1.CCOC(=O)COc1cccc(N2CCO[C@H]([C@@H](OC(C)=O)C(=O)Nc3ccc(CC)cc3)C2=O)c1.CCOC(=O)COc1cccc(N2CCO[C@H]([C@@H](OC(C)=O)C(=O)O)C2=O)c1.CCc1ccc(N)cc1.CO. The van der Waals surface area contributed by atoms with Gasteiger partial charge in [0, 0.05) is 124 Å². The first kappa shape index (κ1) is 113. The summed E-state index contributed by atoms with van der Waals surface area (Å²) in [6.45, 7) is 17.2. The number of benzene rings is 8. The first-order valence-corrected chi connectivity index (χ1v) is 45.6. The average molecular weight is 1960 g/mol. The molecule has 4 aliphatic heterocycles. The van der Waals surface area contributed by atoms with E-state index in [9.17, 15) is 82.4 Å². The van der Waals surface area contributed by atoms with Gasteiger partial charge in [0.05, 0.1) is 52.9 Å². The fraction of sp³-hybridized carbons (Fsp3) is 0.386. The number of rotatable bonds is 37. The first-order chi connectivity index (χ1) is 67.8. The number of morpholine rings is 4. The van der Waals surface area contributed by atoms with Crippen LogP contribution >= 0.6 is 0 Å². The summed E-state index contributed by atoms with van der Waals surface area (Å²) in [5, 5.41) is 45.2. The highest BCUT2D eigenvalue weighted by molar-refractivity contribution is 6.07. The maximum atomic E-state index is 13.4. The number of amides is 7. The van der Waals surface area contributed by atoms with Gasteiger partial charge in [-0.1, -0.05) is 99.6 Å². The number of hydrogen-bond acceptors (Lipinski definition) is 32. The highest BCUT2D eigenvalue weighted by Crippen LogP contribution is 2.32. The highest BCUT2D eigenvalue weighted by atomic mass is 16.6. The fourth-order valence-electron chi connectivity index (χ4n) is 13.9. The van der Waals surface area contributed by atoms with Gasteiger partial charge in [0.2, 0.25) is 12.2 Å². The van der Waals surface area contributed by atoms with Crippen molar-refractivity contribution in [2.45, 2.75) is 150 Å². The molecule has 141 heavy (non-hydrogen) atoms. The first-order valence-electron chi connectivity index (χ1n) is 45.6. The number of aryl methyl sites for hydroxylation is 4. The lowest BCUT2D eigenvalue weighted by Gasteiger charge is -2.35. The molecular formula is C101H123N9O31. The van der Waals surface area contributed by atoms with Gasteiger partial charge >= 0.3 is 41.8 Å². The molecule has 0 spiro atoms. The van der Waals surface area contributed by atoms with Crippen molar-refractivity contribution in [3.8, 4) is 17.2 Å². The summed E-state index contributed by atoms with van der Waals surface area (Å²) in [5.74, 6) is -8.21. The Balaban J connectivity index is 0.000000247. The molecule has 8 atom stereocenters. The smallest absolute Gasteiger partial charge is 0.348 e. The number of carbonyl (C=O) groups is 14. The summed E-state index contributed by atoms with van der Waals surface area (Å²) >= 11 is 0. The Kier molecular flexibility index (Phi) is 47.8. The van der Waals surface area contributed by atoms with Crippen molar-refractivity contribution in [2.24, 2.45) is 5.73 Å². The number of carboxylic acid groups (broad SMARTS) is 1. The topological polar surface area (TPSA) is 541 Å². The molecule has 0 unspecified atom stereocenters. The molecule has 40 nitrogen and oxygen atoms in total. The molecule has 4 saturated heterocycles. The Bertz CT molecular complexity index is 5280. The van der Waals surface area contributed by atoms with Crippen LogP contribution in [0.5, 0.6) is 17.2 Å². The number of nitrogen functional groups attached to an aromatic ring is 1. The number of carbonyl (C=O) groups excluding carboxylic acids is 13. The van der Waals surface area contributed by atoms with Gasteiger partial charge in [0.25, 0.3) is 41.4 Å². The number of aliphatic carboxylic acids is 1. The van der Waals surface area contributed by atoms with Gasteiger partial charge in [0.15, 0.2) is 56.4 Å². The molecule has 0 radical (unpaired) electrons. The van der Waals surface area contributed by atoms with E-state index in [0.717, 1.165) is 68.2 Å². The highest BCUT2D eigenvalue weighted by Gasteiger charge is 2.46. The molecule has 4 fully saturated rings. The number of aliphatic hydroxyl groups excluding tert-OH is 3. The van der Waals surface area contributed by atoms with Crippen LogP contribution in [-0.2, 0) is 147 Å². The zero-order valence-corrected chi connectivity index (χ0v) is 80.2. The zero-order chi connectivity index (χ0) is 103. The molecule has 4 aliphatic rings. The maximum absolute atomic E-state index is 13.4. The van der Waals surface area contributed by atoms with Gasteiger partial charge in [-0.3, -0.25) is 47.9 Å². The number of esters is 6. The minimum atomic E-state index is -1.75. The molecule has 12 rings (SSSR count). The summed E-state index contributed by atoms with van der Waals surface area (Å²) in [6.07, 6.45) is -8.57. The molecule has 8 aromatic rings. The monoisotopic (exact) mass is 1960 g/mol. The van der Waals surface area contributed by atoms with Crippen molar-refractivity contribution in [1.82, 2.24) is 0 Å². The van der Waals surface area contributed by atoms with E-state index in [4.69, 9.17) is 78.2 Å². The van der Waals surface area contributed by atoms with Crippen LogP contribution < -0.4 is 61.2 Å². The third kappa shape index (κ3) is 36.2. The van der Waals surface area contributed by atoms with Crippen LogP contribution in [-0.4, -0.2) is 258 Å². The van der Waals surface area contributed by atoms with Gasteiger partial charge in [-0.05, 0) is 178 Å². The predicted octanol–water partition coefficient (Wildman–Crippen LogP) is 7.60. The summed E-state index contributed by atoms with van der Waals surface area (Å²) < 4.78 is 67.4. The van der Waals surface area contributed by atoms with Gasteiger partial charge in [-0.15, -0.1) is 0 Å². The third-order valence-corrected chi connectivity index (χ3v) is 20.9. The lowest BCUT2D eigenvalue weighted by molar-refractivity contribution is -0.177. The molecule has 11 N–H and O–H groups in total. The van der Waals surface area contributed by atoms with Crippen molar-refractivity contribution < 1.29 is 149 Å². The van der Waals surface area contributed by atoms with Crippen LogP contribution in [0.3, 0.4) is 0 Å². The number of nitrogens with one attached hydrogen (secondary N) is 3. The van der Waals surface area contributed by atoms with Gasteiger partial charge in [-0.25, -0.2) is 19.2 Å². The largest absolute Gasteiger partial charge is 0.482 e. The summed E-state index contributed by atoms with van der Waals surface area (Å²) in [7, 11) is 1.00. The lowest BCUT2D eigenvalue weighted by atomic mass is 10.1. The van der Waals surface area contributed by atoms with E-state index in [-0.39, 0.29) is 98.1 Å². The van der Waals surface area contributed by atoms with Crippen molar-refractivity contribution in [2.75, 3.05) is 147 Å². The minimum Gasteiger partial charge on any atom is -0.482 e. The van der Waals surface area contributed by atoms with E-state index in [1.807, 2.05) is 62.4 Å². The van der Waals surface area contributed by atoms with E-state index in [1.54, 1.807) is 155 Å². The average Bonchev–Trinajstić information content (AvgIpc) is 0.797. The van der Waals surface area contributed by atoms with Crippen molar-refractivity contribution in [1.29, 1.82) is 0 Å². The van der Waals surface area contributed by atoms with Gasteiger partial charge in [-0.2, -0.15) is 0 Å². The fourth-order valence-corrected chi connectivity index (χ4v) is 13.9. The van der Waals surface area contributed by atoms with E-state index >= 15 is 0 Å². The van der Waals surface area contributed by atoms with Gasteiger partial charge in [0.1, 0.15) is 17.2 Å². The quantitative estimate of drug-likeness (QED) is 0.0103. The van der Waals surface area contributed by atoms with E-state index in [2.05, 4.69) is 35.0 Å². The number of nitrogens with zero attached hydrogens (tertiary/aromatic N) is 4. The van der Waals surface area contributed by atoms with Crippen molar-refractivity contribution in [3.05, 3.63) is 222 Å². The maximum Gasteiger partial charge on any atom is 0.348 e. The summed E-state index contributed by atoms with van der Waals surface area (Å²) in [6, 6.07) is 56.1. The van der Waals surface area contributed by atoms with Crippen LogP contribution in [0.15, 0.2) is 194 Å². The van der Waals surface area contributed by atoms with Crippen LogP contribution in [0, 0.1) is 0 Å². The van der Waals surface area contributed by atoms with Crippen molar-refractivity contribution >= 4 is 129 Å². The Morgan fingerprint density at radius 1 is 0.383 bits per heavy atom. The Labute approximate surface area is 815 Å². The van der Waals surface area contributed by atoms with Crippen LogP contribution in [0.4, 0.5) is 45.5 Å². The number of carboxylic acids is 1. The van der Waals surface area contributed by atoms with Crippen LogP contribution in [0.1, 0.15) is 96.6 Å². The third-order valence-electron chi connectivity index (χ3n) is 20.9. The van der Waals surface area contributed by atoms with Crippen LogP contribution in [0.25, 0.3) is 0 Å².